The van der Waals surface area contributed by atoms with E-state index in [1.807, 2.05) is 78.9 Å². The number of aldehydes is 1. The molecule has 0 saturated heterocycles. The van der Waals surface area contributed by atoms with Crippen molar-refractivity contribution < 1.29 is 9.53 Å². The molecule has 0 radical (unpaired) electrons. The van der Waals surface area contributed by atoms with E-state index in [1.165, 1.54) is 0 Å². The van der Waals surface area contributed by atoms with E-state index in [1.54, 1.807) is 10.9 Å². The molecule has 0 aliphatic heterocycles. The Morgan fingerprint density at radius 1 is 0.929 bits per heavy atom. The number of nitrogens with zero attached hydrogens (tertiary/aromatic N) is 2. The van der Waals surface area contributed by atoms with Crippen LogP contribution < -0.4 is 4.74 Å². The zero-order valence-corrected chi connectivity index (χ0v) is 15.7. The van der Waals surface area contributed by atoms with Gasteiger partial charge in [-0.15, -0.1) is 0 Å². The average molecular weight is 389 g/mol. The summed E-state index contributed by atoms with van der Waals surface area (Å²) < 4.78 is 7.61. The Labute approximate surface area is 168 Å². The SMILES string of the molecule is O=Cc1cnn(-c2ccccc2)c1-c1ccc(OCc2ccccc2Cl)cc1. The Balaban J connectivity index is 1.60. The molecule has 1 aromatic heterocycles. The van der Waals surface area contributed by atoms with Crippen molar-refractivity contribution in [2.24, 2.45) is 0 Å². The molecule has 0 aliphatic carbocycles. The number of ether oxygens (including phenoxy) is 1. The quantitative estimate of drug-likeness (QED) is 0.405. The second-order valence-electron chi connectivity index (χ2n) is 6.22. The first-order valence-corrected chi connectivity index (χ1v) is 9.19. The lowest BCUT2D eigenvalue weighted by Crippen LogP contribution is -2.00. The van der Waals surface area contributed by atoms with Gasteiger partial charge in [0, 0.05) is 16.1 Å². The zero-order valence-electron chi connectivity index (χ0n) is 15.0. The van der Waals surface area contributed by atoms with Crippen LogP contribution >= 0.6 is 11.6 Å². The maximum atomic E-state index is 11.5. The molecule has 0 N–H and O–H groups in total. The lowest BCUT2D eigenvalue weighted by Gasteiger charge is -2.11. The van der Waals surface area contributed by atoms with Gasteiger partial charge in [0.15, 0.2) is 6.29 Å². The average Bonchev–Trinajstić information content (AvgIpc) is 3.18. The van der Waals surface area contributed by atoms with E-state index in [2.05, 4.69) is 5.10 Å². The van der Waals surface area contributed by atoms with Crippen LogP contribution in [0.25, 0.3) is 16.9 Å². The molecule has 4 rings (SSSR count). The van der Waals surface area contributed by atoms with Crippen molar-refractivity contribution in [2.45, 2.75) is 6.61 Å². The Hall–Kier alpha value is -3.37. The van der Waals surface area contributed by atoms with Crippen LogP contribution in [0.15, 0.2) is 85.1 Å². The second-order valence-corrected chi connectivity index (χ2v) is 6.63. The molecule has 0 amide bonds. The summed E-state index contributed by atoms with van der Waals surface area (Å²) in [5.41, 5.74) is 3.99. The van der Waals surface area contributed by atoms with Crippen LogP contribution in [0.5, 0.6) is 5.75 Å². The predicted molar refractivity (Wildman–Crippen MR) is 110 cm³/mol. The number of benzene rings is 3. The van der Waals surface area contributed by atoms with Crippen LogP contribution in [-0.2, 0) is 6.61 Å². The van der Waals surface area contributed by atoms with Gasteiger partial charge in [-0.2, -0.15) is 5.10 Å². The highest BCUT2D eigenvalue weighted by Gasteiger charge is 2.14. The van der Waals surface area contributed by atoms with Gasteiger partial charge in [0.25, 0.3) is 0 Å². The van der Waals surface area contributed by atoms with Crippen molar-refractivity contribution in [3.8, 4) is 22.7 Å². The standard InChI is InChI=1S/C23H17ClN2O2/c24-22-9-5-4-6-18(22)16-28-21-12-10-17(11-13-21)23-19(15-27)14-25-26(23)20-7-2-1-3-8-20/h1-15H,16H2. The summed E-state index contributed by atoms with van der Waals surface area (Å²) in [5, 5.41) is 5.06. The van der Waals surface area contributed by atoms with Crippen molar-refractivity contribution in [1.29, 1.82) is 0 Å². The second kappa shape index (κ2) is 8.11. The molecule has 0 aliphatic rings. The van der Waals surface area contributed by atoms with Crippen molar-refractivity contribution in [3.05, 3.63) is 101 Å². The van der Waals surface area contributed by atoms with Crippen molar-refractivity contribution in [1.82, 2.24) is 9.78 Å². The minimum absolute atomic E-state index is 0.389. The fourth-order valence-electron chi connectivity index (χ4n) is 2.99. The molecule has 3 aromatic carbocycles. The fourth-order valence-corrected chi connectivity index (χ4v) is 3.18. The van der Waals surface area contributed by atoms with Gasteiger partial charge >= 0.3 is 0 Å². The molecule has 0 fully saturated rings. The molecule has 0 atom stereocenters. The van der Waals surface area contributed by atoms with Crippen LogP contribution in [-0.4, -0.2) is 16.1 Å². The van der Waals surface area contributed by atoms with Gasteiger partial charge < -0.3 is 4.74 Å². The monoisotopic (exact) mass is 388 g/mol. The minimum atomic E-state index is 0.389. The molecule has 0 unspecified atom stereocenters. The number of rotatable bonds is 6. The van der Waals surface area contributed by atoms with E-state index in [9.17, 15) is 4.79 Å². The Bertz CT molecular complexity index is 1090. The van der Waals surface area contributed by atoms with Crippen LogP contribution in [0, 0.1) is 0 Å². The van der Waals surface area contributed by atoms with E-state index >= 15 is 0 Å². The Morgan fingerprint density at radius 3 is 2.36 bits per heavy atom. The number of carbonyl (C=O) groups is 1. The molecule has 138 valence electrons. The molecule has 4 nitrogen and oxygen atoms in total. The Kier molecular flexibility index (Phi) is 5.22. The van der Waals surface area contributed by atoms with Crippen molar-refractivity contribution in [3.63, 3.8) is 0 Å². The van der Waals surface area contributed by atoms with Gasteiger partial charge in [0.1, 0.15) is 12.4 Å². The van der Waals surface area contributed by atoms with Gasteiger partial charge in [0.2, 0.25) is 0 Å². The molecule has 0 saturated carbocycles. The van der Waals surface area contributed by atoms with Gasteiger partial charge in [-0.25, -0.2) is 4.68 Å². The van der Waals surface area contributed by atoms with Crippen LogP contribution in [0.1, 0.15) is 15.9 Å². The van der Waals surface area contributed by atoms with E-state index in [0.717, 1.165) is 34.5 Å². The molecule has 5 heteroatoms. The van der Waals surface area contributed by atoms with Gasteiger partial charge in [-0.05, 0) is 42.5 Å². The smallest absolute Gasteiger partial charge is 0.153 e. The summed E-state index contributed by atoms with van der Waals surface area (Å²) >= 11 is 6.17. The van der Waals surface area contributed by atoms with E-state index in [0.29, 0.717) is 17.2 Å². The maximum absolute atomic E-state index is 11.5. The first kappa shape index (κ1) is 18.0. The third kappa shape index (κ3) is 3.68. The molecular formula is C23H17ClN2O2. The minimum Gasteiger partial charge on any atom is -0.489 e. The third-order valence-corrected chi connectivity index (χ3v) is 4.77. The highest BCUT2D eigenvalue weighted by Crippen LogP contribution is 2.28. The van der Waals surface area contributed by atoms with Crippen LogP contribution in [0.3, 0.4) is 0 Å². The summed E-state index contributed by atoms with van der Waals surface area (Å²) in [7, 11) is 0. The highest BCUT2D eigenvalue weighted by atomic mass is 35.5. The van der Waals surface area contributed by atoms with Crippen molar-refractivity contribution in [2.75, 3.05) is 0 Å². The van der Waals surface area contributed by atoms with Crippen molar-refractivity contribution >= 4 is 17.9 Å². The van der Waals surface area contributed by atoms with E-state index < -0.39 is 0 Å². The molecule has 0 bridgehead atoms. The Morgan fingerprint density at radius 2 is 1.64 bits per heavy atom. The molecule has 28 heavy (non-hydrogen) atoms. The number of hydrogen-bond donors (Lipinski definition) is 0. The number of hydrogen-bond acceptors (Lipinski definition) is 3. The predicted octanol–water partition coefficient (Wildman–Crippen LogP) is 5.58. The number of halogens is 1. The first-order chi connectivity index (χ1) is 13.8. The molecular weight excluding hydrogens is 372 g/mol. The summed E-state index contributed by atoms with van der Waals surface area (Å²) in [5.74, 6) is 0.724. The normalized spacial score (nSPS) is 10.6. The lowest BCUT2D eigenvalue weighted by molar-refractivity contribution is 0.112. The number of para-hydroxylation sites is 1. The summed E-state index contributed by atoms with van der Waals surface area (Å²) in [6.07, 6.45) is 2.40. The van der Waals surface area contributed by atoms with Gasteiger partial charge in [-0.3, -0.25) is 4.79 Å². The van der Waals surface area contributed by atoms with E-state index in [4.69, 9.17) is 16.3 Å². The lowest BCUT2D eigenvalue weighted by atomic mass is 10.1. The van der Waals surface area contributed by atoms with Gasteiger partial charge in [-0.1, -0.05) is 48.0 Å². The summed E-state index contributed by atoms with van der Waals surface area (Å²) in [6.45, 7) is 0.389. The topological polar surface area (TPSA) is 44.1 Å². The first-order valence-electron chi connectivity index (χ1n) is 8.81. The molecule has 0 spiro atoms. The number of carbonyl (C=O) groups excluding carboxylic acids is 1. The fraction of sp³-hybridized carbons (Fsp3) is 0.0435. The zero-order chi connectivity index (χ0) is 19.3. The molecule has 4 aromatic rings. The third-order valence-electron chi connectivity index (χ3n) is 4.41. The summed E-state index contributed by atoms with van der Waals surface area (Å²) in [4.78, 5) is 11.5. The van der Waals surface area contributed by atoms with Crippen LogP contribution in [0.4, 0.5) is 0 Å². The number of aromatic nitrogens is 2. The molecule has 1 heterocycles. The highest BCUT2D eigenvalue weighted by molar-refractivity contribution is 6.31. The largest absolute Gasteiger partial charge is 0.489 e. The maximum Gasteiger partial charge on any atom is 0.153 e. The van der Waals surface area contributed by atoms with Gasteiger partial charge in [0.05, 0.1) is 23.1 Å². The summed E-state index contributed by atoms with van der Waals surface area (Å²) in [6, 6.07) is 24.9. The van der Waals surface area contributed by atoms with E-state index in [-0.39, 0.29) is 0 Å². The van der Waals surface area contributed by atoms with Crippen LogP contribution in [0.2, 0.25) is 5.02 Å².